The van der Waals surface area contributed by atoms with Crippen molar-refractivity contribution < 1.29 is 18.4 Å². The van der Waals surface area contributed by atoms with Gasteiger partial charge in [-0.1, -0.05) is 19.0 Å². The number of carbonyl (C=O) groups excluding carboxylic acids is 1. The lowest BCUT2D eigenvalue weighted by molar-refractivity contribution is 0.111. The van der Waals surface area contributed by atoms with Gasteiger partial charge in [0.2, 0.25) is 0 Å². The topological polar surface area (TPSA) is 97.7 Å². The Morgan fingerprint density at radius 2 is 2.03 bits per heavy atom. The van der Waals surface area contributed by atoms with Gasteiger partial charge in [-0.2, -0.15) is 4.98 Å². The summed E-state index contributed by atoms with van der Waals surface area (Å²) in [5, 5.41) is 4.03. The minimum Gasteiger partial charge on any atom is -0.493 e. The predicted molar refractivity (Wildman–Crippen MR) is 130 cm³/mol. The van der Waals surface area contributed by atoms with Crippen molar-refractivity contribution in [3.63, 3.8) is 0 Å². The molecule has 34 heavy (non-hydrogen) atoms. The van der Waals surface area contributed by atoms with E-state index in [1.165, 1.54) is 25.1 Å². The summed E-state index contributed by atoms with van der Waals surface area (Å²) >= 11 is 0. The molecule has 0 spiro atoms. The van der Waals surface area contributed by atoms with Gasteiger partial charge in [-0.25, -0.2) is 4.39 Å². The van der Waals surface area contributed by atoms with E-state index in [0.29, 0.717) is 36.6 Å². The third-order valence-corrected chi connectivity index (χ3v) is 6.38. The standard InChI is InChI=1S/C20H26FN3O3.C5H12N2/c1-14(2)19-22-20(27-23-19)24-9-7-15(8-10-24)4-3-11-26-17-6-5-16(13-25)18(21)12-17;1-7-3-2-5(6)4-7/h5-6,12-15H,3-4,7-11H2,1-2H3;5H,2-4,6H2,1H3. The first-order valence-corrected chi connectivity index (χ1v) is 12.3. The van der Waals surface area contributed by atoms with Gasteiger partial charge < -0.3 is 24.8 Å². The van der Waals surface area contributed by atoms with Crippen molar-refractivity contribution in [1.29, 1.82) is 0 Å². The quantitative estimate of drug-likeness (QED) is 0.454. The Balaban J connectivity index is 0.000000396. The number of hydrogen-bond donors (Lipinski definition) is 1. The Hall–Kier alpha value is -2.52. The van der Waals surface area contributed by atoms with E-state index >= 15 is 0 Å². The van der Waals surface area contributed by atoms with Crippen LogP contribution >= 0.6 is 0 Å². The van der Waals surface area contributed by atoms with Crippen LogP contribution in [0.3, 0.4) is 0 Å². The molecule has 9 heteroatoms. The van der Waals surface area contributed by atoms with E-state index in [2.05, 4.69) is 27.0 Å². The second-order valence-electron chi connectivity index (χ2n) is 9.62. The normalized spacial score (nSPS) is 19.2. The summed E-state index contributed by atoms with van der Waals surface area (Å²) in [4.78, 5) is 19.5. The molecule has 2 aromatic rings. The van der Waals surface area contributed by atoms with E-state index < -0.39 is 5.82 Å². The van der Waals surface area contributed by atoms with E-state index in [9.17, 15) is 9.18 Å². The average Bonchev–Trinajstić information content (AvgIpc) is 3.47. The molecule has 1 unspecified atom stereocenters. The molecule has 2 saturated heterocycles. The molecule has 0 amide bonds. The second kappa shape index (κ2) is 12.8. The molecule has 8 nitrogen and oxygen atoms in total. The molecular weight excluding hydrogens is 437 g/mol. The Kier molecular flexibility index (Phi) is 9.83. The number of anilines is 1. The first-order chi connectivity index (χ1) is 16.4. The van der Waals surface area contributed by atoms with Crippen molar-refractivity contribution in [2.75, 3.05) is 44.7 Å². The largest absolute Gasteiger partial charge is 0.493 e. The first-order valence-electron chi connectivity index (χ1n) is 12.3. The molecule has 0 radical (unpaired) electrons. The van der Waals surface area contributed by atoms with Crippen LogP contribution in [0.1, 0.15) is 68.1 Å². The molecule has 188 valence electrons. The molecule has 2 aliphatic rings. The number of carbonyl (C=O) groups is 1. The van der Waals surface area contributed by atoms with Crippen molar-refractivity contribution in [3.8, 4) is 5.75 Å². The minimum absolute atomic E-state index is 0.0517. The number of rotatable bonds is 8. The molecule has 2 N–H and O–H groups in total. The van der Waals surface area contributed by atoms with E-state index in [4.69, 9.17) is 15.0 Å². The molecule has 0 saturated carbocycles. The lowest BCUT2D eigenvalue weighted by Crippen LogP contribution is -2.34. The van der Waals surface area contributed by atoms with Gasteiger partial charge in [0.15, 0.2) is 12.1 Å². The molecular formula is C25H38FN5O3. The average molecular weight is 476 g/mol. The molecule has 2 fully saturated rings. The fourth-order valence-electron chi connectivity index (χ4n) is 4.23. The highest BCUT2D eigenvalue weighted by molar-refractivity contribution is 5.75. The van der Waals surface area contributed by atoms with Crippen LogP contribution in [0.2, 0.25) is 0 Å². The number of ether oxygens (including phenoxy) is 1. The fourth-order valence-corrected chi connectivity index (χ4v) is 4.23. The number of piperidine rings is 1. The summed E-state index contributed by atoms with van der Waals surface area (Å²) in [5.41, 5.74) is 5.64. The van der Waals surface area contributed by atoms with Gasteiger partial charge >= 0.3 is 6.01 Å². The number of aldehydes is 1. The molecule has 4 rings (SSSR count). The molecule has 0 aliphatic carbocycles. The zero-order chi connectivity index (χ0) is 24.5. The number of nitrogens with two attached hydrogens (primary N) is 1. The molecule has 0 bridgehead atoms. The Morgan fingerprint density at radius 3 is 2.56 bits per heavy atom. The van der Waals surface area contributed by atoms with Crippen molar-refractivity contribution in [2.24, 2.45) is 11.7 Å². The zero-order valence-corrected chi connectivity index (χ0v) is 20.6. The maximum atomic E-state index is 13.5. The summed E-state index contributed by atoms with van der Waals surface area (Å²) in [7, 11) is 2.10. The number of hydrogen-bond acceptors (Lipinski definition) is 8. The maximum absolute atomic E-state index is 13.5. The van der Waals surface area contributed by atoms with Gasteiger partial charge in [0.25, 0.3) is 0 Å². The van der Waals surface area contributed by atoms with Crippen molar-refractivity contribution >= 4 is 12.3 Å². The van der Waals surface area contributed by atoms with Crippen molar-refractivity contribution in [1.82, 2.24) is 15.0 Å². The van der Waals surface area contributed by atoms with E-state index in [1.807, 2.05) is 13.8 Å². The smallest absolute Gasteiger partial charge is 0.324 e. The summed E-state index contributed by atoms with van der Waals surface area (Å²) in [6.07, 6.45) is 5.84. The fraction of sp³-hybridized carbons (Fsp3) is 0.640. The number of nitrogens with zero attached hydrogens (tertiary/aromatic N) is 4. The number of likely N-dealkylation sites (tertiary alicyclic amines) is 1. The van der Waals surface area contributed by atoms with E-state index in [1.54, 1.807) is 6.07 Å². The van der Waals surface area contributed by atoms with Crippen LogP contribution in [0, 0.1) is 11.7 Å². The summed E-state index contributed by atoms with van der Waals surface area (Å²) in [6.45, 7) is 8.75. The Labute approximate surface area is 201 Å². The lowest BCUT2D eigenvalue weighted by Gasteiger charge is -2.30. The van der Waals surface area contributed by atoms with Gasteiger partial charge in [-0.05, 0) is 63.7 Å². The molecule has 3 heterocycles. The van der Waals surface area contributed by atoms with Crippen LogP contribution in [-0.2, 0) is 0 Å². The van der Waals surface area contributed by atoms with Crippen LogP contribution in [0.15, 0.2) is 22.7 Å². The highest BCUT2D eigenvalue weighted by atomic mass is 19.1. The monoisotopic (exact) mass is 475 g/mol. The van der Waals surface area contributed by atoms with Crippen LogP contribution in [-0.4, -0.2) is 67.2 Å². The van der Waals surface area contributed by atoms with Crippen molar-refractivity contribution in [2.45, 2.75) is 57.9 Å². The number of aromatic nitrogens is 2. The highest BCUT2D eigenvalue weighted by Gasteiger charge is 2.23. The van der Waals surface area contributed by atoms with Gasteiger partial charge in [0.05, 0.1) is 12.2 Å². The number of likely N-dealkylation sites (N-methyl/N-ethyl adjacent to an activating group) is 1. The second-order valence-corrected chi connectivity index (χ2v) is 9.62. The van der Waals surface area contributed by atoms with E-state index in [-0.39, 0.29) is 11.5 Å². The van der Waals surface area contributed by atoms with E-state index in [0.717, 1.165) is 51.1 Å². The minimum atomic E-state index is -0.545. The van der Waals surface area contributed by atoms with Gasteiger partial charge in [-0.15, -0.1) is 0 Å². The third kappa shape index (κ3) is 7.77. The van der Waals surface area contributed by atoms with Crippen LogP contribution < -0.4 is 15.4 Å². The maximum Gasteiger partial charge on any atom is 0.324 e. The highest BCUT2D eigenvalue weighted by Crippen LogP contribution is 2.26. The molecule has 1 aromatic heterocycles. The SMILES string of the molecule is CC(C)c1noc(N2CCC(CCCOc3ccc(C=O)c(F)c3)CC2)n1.CN1CCC(N)C1. The first kappa shape index (κ1) is 26.1. The van der Waals surface area contributed by atoms with Gasteiger partial charge in [0.1, 0.15) is 11.6 Å². The number of halogens is 1. The zero-order valence-electron chi connectivity index (χ0n) is 20.6. The molecule has 1 aromatic carbocycles. The van der Waals surface area contributed by atoms with Crippen LogP contribution in [0.5, 0.6) is 5.75 Å². The predicted octanol–water partition coefficient (Wildman–Crippen LogP) is 3.87. The van der Waals surface area contributed by atoms with Crippen LogP contribution in [0.4, 0.5) is 10.4 Å². The third-order valence-electron chi connectivity index (χ3n) is 6.38. The Bertz CT molecular complexity index is 890. The van der Waals surface area contributed by atoms with Gasteiger partial charge in [-0.3, -0.25) is 4.79 Å². The summed E-state index contributed by atoms with van der Waals surface area (Å²) < 4.78 is 24.5. The Morgan fingerprint density at radius 1 is 1.26 bits per heavy atom. The summed E-state index contributed by atoms with van der Waals surface area (Å²) in [6, 6.07) is 5.40. The summed E-state index contributed by atoms with van der Waals surface area (Å²) in [5.74, 6) is 1.58. The lowest BCUT2D eigenvalue weighted by atomic mass is 9.92. The van der Waals surface area contributed by atoms with Crippen molar-refractivity contribution in [3.05, 3.63) is 35.4 Å². The molecule has 2 aliphatic heterocycles. The number of benzene rings is 1. The van der Waals surface area contributed by atoms with Crippen LogP contribution in [0.25, 0.3) is 0 Å². The molecule has 1 atom stereocenters. The van der Waals surface area contributed by atoms with Gasteiger partial charge in [0, 0.05) is 37.7 Å².